The molecule has 5 nitrogen and oxygen atoms in total. The van der Waals surface area contributed by atoms with Crippen LogP contribution in [0, 0.1) is 0 Å². The third kappa shape index (κ3) is 6.36. The molecule has 0 radical (unpaired) electrons. The molecule has 0 aliphatic heterocycles. The zero-order chi connectivity index (χ0) is 15.7. The van der Waals surface area contributed by atoms with Crippen molar-refractivity contribution in [2.45, 2.75) is 63.3 Å². The molecule has 1 aromatic heterocycles. The molecule has 7 heteroatoms. The summed E-state index contributed by atoms with van der Waals surface area (Å²) in [4.78, 5) is 3.82. The van der Waals surface area contributed by atoms with Crippen molar-refractivity contribution in [3.05, 3.63) is 11.5 Å². The number of hydrogen-bond acceptors (Lipinski definition) is 3. The smallest absolute Gasteiger partial charge is 0.261 e. The lowest BCUT2D eigenvalue weighted by molar-refractivity contribution is 0.557. The monoisotopic (exact) mass is 335 g/mol. The van der Waals surface area contributed by atoms with E-state index >= 15 is 0 Å². The summed E-state index contributed by atoms with van der Waals surface area (Å²) in [5.41, 5.74) is 0. The second-order valence-corrected chi connectivity index (χ2v) is 7.36. The van der Waals surface area contributed by atoms with Gasteiger partial charge in [0.1, 0.15) is 5.15 Å². The second-order valence-electron chi connectivity index (χ2n) is 5.32. The lowest BCUT2D eigenvalue weighted by atomic mass is 10.1. The standard InChI is InChI=1S/C14H26ClN3O2S/c1-3-4-5-6-7-8-9-10-11-17-21(19,20)14-13(15)18(2)12-16-14/h12,17H,3-11H2,1-2H3. The van der Waals surface area contributed by atoms with Gasteiger partial charge in [-0.2, -0.15) is 0 Å². The Morgan fingerprint density at radius 3 is 2.24 bits per heavy atom. The molecule has 0 bridgehead atoms. The molecule has 0 aromatic carbocycles. The highest BCUT2D eigenvalue weighted by Crippen LogP contribution is 2.18. The Labute approximate surface area is 133 Å². The molecule has 1 rings (SSSR count). The number of imidazole rings is 1. The number of aromatic nitrogens is 2. The van der Waals surface area contributed by atoms with E-state index in [1.807, 2.05) is 0 Å². The summed E-state index contributed by atoms with van der Waals surface area (Å²) >= 11 is 5.90. The molecule has 0 aliphatic rings. The van der Waals surface area contributed by atoms with E-state index in [1.54, 1.807) is 7.05 Å². The molecule has 0 unspecified atom stereocenters. The van der Waals surface area contributed by atoms with Gasteiger partial charge in [0.05, 0.1) is 6.33 Å². The number of hydrogen-bond donors (Lipinski definition) is 1. The molecule has 1 aromatic rings. The summed E-state index contributed by atoms with van der Waals surface area (Å²) < 4.78 is 28.0. The van der Waals surface area contributed by atoms with Gasteiger partial charge in [-0.3, -0.25) is 0 Å². The number of nitrogens with zero attached hydrogens (tertiary/aromatic N) is 2. The van der Waals surface area contributed by atoms with Gasteiger partial charge >= 0.3 is 0 Å². The summed E-state index contributed by atoms with van der Waals surface area (Å²) in [7, 11) is -1.93. The maximum Gasteiger partial charge on any atom is 0.261 e. The molecule has 1 heterocycles. The fourth-order valence-corrected chi connectivity index (χ4v) is 3.61. The Morgan fingerprint density at radius 1 is 1.14 bits per heavy atom. The summed E-state index contributed by atoms with van der Waals surface area (Å²) in [6, 6.07) is 0. The predicted octanol–water partition coefficient (Wildman–Crippen LogP) is 3.49. The largest absolute Gasteiger partial charge is 0.324 e. The van der Waals surface area contributed by atoms with Crippen molar-refractivity contribution in [1.82, 2.24) is 14.3 Å². The molecule has 0 spiro atoms. The van der Waals surface area contributed by atoms with Crippen LogP contribution in [0.5, 0.6) is 0 Å². The van der Waals surface area contributed by atoms with Crippen LogP contribution < -0.4 is 4.72 Å². The Bertz CT molecular complexity index is 514. The normalized spacial score (nSPS) is 12.0. The first kappa shape index (κ1) is 18.5. The predicted molar refractivity (Wildman–Crippen MR) is 86.0 cm³/mol. The van der Waals surface area contributed by atoms with Crippen LogP contribution in [0.15, 0.2) is 11.4 Å². The van der Waals surface area contributed by atoms with E-state index in [9.17, 15) is 8.42 Å². The molecule has 122 valence electrons. The van der Waals surface area contributed by atoms with E-state index in [4.69, 9.17) is 11.6 Å². The van der Waals surface area contributed by atoms with Crippen LogP contribution in [0.2, 0.25) is 5.15 Å². The zero-order valence-electron chi connectivity index (χ0n) is 12.9. The SMILES string of the molecule is CCCCCCCCCCNS(=O)(=O)c1ncn(C)c1Cl. The fraction of sp³-hybridized carbons (Fsp3) is 0.786. The molecule has 0 atom stereocenters. The number of rotatable bonds is 11. The number of sulfonamides is 1. The van der Waals surface area contributed by atoms with Crippen LogP contribution in [0.25, 0.3) is 0 Å². The topological polar surface area (TPSA) is 64.0 Å². The summed E-state index contributed by atoms with van der Waals surface area (Å²) in [5.74, 6) is 0. The quantitative estimate of drug-likeness (QED) is 0.629. The summed E-state index contributed by atoms with van der Waals surface area (Å²) in [5, 5.41) is 0.0460. The minimum absolute atomic E-state index is 0.0915. The van der Waals surface area contributed by atoms with E-state index in [2.05, 4.69) is 16.6 Å². The van der Waals surface area contributed by atoms with Gasteiger partial charge in [-0.25, -0.2) is 18.1 Å². The first-order valence-electron chi connectivity index (χ1n) is 7.65. The maximum absolute atomic E-state index is 12.0. The Kier molecular flexibility index (Phi) is 8.29. The Hall–Kier alpha value is -0.590. The van der Waals surface area contributed by atoms with Crippen LogP contribution in [0.3, 0.4) is 0 Å². The average molecular weight is 336 g/mol. The number of aryl methyl sites for hydroxylation is 1. The van der Waals surface area contributed by atoms with Crippen molar-refractivity contribution >= 4 is 21.6 Å². The molecule has 0 fully saturated rings. The van der Waals surface area contributed by atoms with E-state index in [0.717, 1.165) is 19.3 Å². The van der Waals surface area contributed by atoms with E-state index in [0.29, 0.717) is 6.54 Å². The van der Waals surface area contributed by atoms with E-state index < -0.39 is 10.0 Å². The average Bonchev–Trinajstić information content (AvgIpc) is 2.78. The van der Waals surface area contributed by atoms with Crippen molar-refractivity contribution in [2.24, 2.45) is 7.05 Å². The van der Waals surface area contributed by atoms with Crippen molar-refractivity contribution in [2.75, 3.05) is 6.54 Å². The van der Waals surface area contributed by atoms with Crippen LogP contribution in [0.1, 0.15) is 58.3 Å². The van der Waals surface area contributed by atoms with Gasteiger partial charge in [-0.15, -0.1) is 0 Å². The molecule has 0 amide bonds. The van der Waals surface area contributed by atoms with Gasteiger partial charge < -0.3 is 4.57 Å². The second kappa shape index (κ2) is 9.43. The van der Waals surface area contributed by atoms with Gasteiger partial charge in [-0.1, -0.05) is 63.5 Å². The number of nitrogens with one attached hydrogen (secondary N) is 1. The molecule has 21 heavy (non-hydrogen) atoms. The highest BCUT2D eigenvalue weighted by molar-refractivity contribution is 7.89. The minimum Gasteiger partial charge on any atom is -0.324 e. The van der Waals surface area contributed by atoms with Gasteiger partial charge in [-0.05, 0) is 6.42 Å². The maximum atomic E-state index is 12.0. The summed E-state index contributed by atoms with van der Waals surface area (Å²) in [6.07, 6.45) is 10.8. The number of unbranched alkanes of at least 4 members (excludes halogenated alkanes) is 7. The highest BCUT2D eigenvalue weighted by Gasteiger charge is 2.21. The first-order chi connectivity index (χ1) is 9.99. The molecule has 0 aliphatic carbocycles. The Morgan fingerprint density at radius 2 is 1.71 bits per heavy atom. The molecular formula is C14H26ClN3O2S. The highest BCUT2D eigenvalue weighted by atomic mass is 35.5. The third-order valence-corrected chi connectivity index (χ3v) is 5.36. The van der Waals surface area contributed by atoms with Gasteiger partial charge in [0.2, 0.25) is 5.03 Å². The lowest BCUT2D eigenvalue weighted by Crippen LogP contribution is -2.25. The van der Waals surface area contributed by atoms with Crippen molar-refractivity contribution in [3.63, 3.8) is 0 Å². The third-order valence-electron chi connectivity index (χ3n) is 3.41. The molecule has 0 saturated carbocycles. The Balaban J connectivity index is 2.19. The molecule has 1 N–H and O–H groups in total. The lowest BCUT2D eigenvalue weighted by Gasteiger charge is -2.05. The van der Waals surface area contributed by atoms with E-state index in [1.165, 1.54) is 43.0 Å². The zero-order valence-corrected chi connectivity index (χ0v) is 14.5. The van der Waals surface area contributed by atoms with Gasteiger partial charge in [0.15, 0.2) is 0 Å². The van der Waals surface area contributed by atoms with E-state index in [-0.39, 0.29) is 10.2 Å². The molecule has 0 saturated heterocycles. The van der Waals surface area contributed by atoms with Gasteiger partial charge in [0.25, 0.3) is 10.0 Å². The number of halogens is 1. The van der Waals surface area contributed by atoms with Crippen LogP contribution in [-0.2, 0) is 17.1 Å². The minimum atomic E-state index is -3.59. The van der Waals surface area contributed by atoms with Crippen LogP contribution in [-0.4, -0.2) is 24.5 Å². The van der Waals surface area contributed by atoms with Crippen LogP contribution >= 0.6 is 11.6 Å². The van der Waals surface area contributed by atoms with Crippen molar-refractivity contribution in [3.8, 4) is 0 Å². The fourth-order valence-electron chi connectivity index (χ4n) is 2.11. The summed E-state index contributed by atoms with van der Waals surface area (Å²) in [6.45, 7) is 2.64. The van der Waals surface area contributed by atoms with Crippen molar-refractivity contribution < 1.29 is 8.42 Å². The van der Waals surface area contributed by atoms with Crippen LogP contribution in [0.4, 0.5) is 0 Å². The first-order valence-corrected chi connectivity index (χ1v) is 9.51. The van der Waals surface area contributed by atoms with Crippen molar-refractivity contribution in [1.29, 1.82) is 0 Å². The van der Waals surface area contributed by atoms with Gasteiger partial charge in [0, 0.05) is 13.6 Å². The molecular weight excluding hydrogens is 310 g/mol.